The van der Waals surface area contributed by atoms with Crippen molar-refractivity contribution in [3.8, 4) is 0 Å². The van der Waals surface area contributed by atoms with Crippen molar-refractivity contribution in [1.82, 2.24) is 19.7 Å². The average Bonchev–Trinajstić information content (AvgIpc) is 3.01. The highest BCUT2D eigenvalue weighted by molar-refractivity contribution is 7.89. The highest BCUT2D eigenvalue weighted by Gasteiger charge is 2.35. The minimum Gasteiger partial charge on any atom is -0.360 e. The number of nitrogens with one attached hydrogen (secondary N) is 1. The topological polar surface area (TPSA) is 95.8 Å². The zero-order valence-corrected chi connectivity index (χ0v) is 17.2. The molecule has 0 radical (unpaired) electrons. The van der Waals surface area contributed by atoms with Gasteiger partial charge >= 0.3 is 0 Å². The van der Waals surface area contributed by atoms with Gasteiger partial charge in [-0.05, 0) is 33.6 Å². The van der Waals surface area contributed by atoms with E-state index in [9.17, 15) is 13.2 Å². The van der Waals surface area contributed by atoms with Gasteiger partial charge in [-0.15, -0.1) is 0 Å². The van der Waals surface area contributed by atoms with Gasteiger partial charge in [0.05, 0.1) is 6.04 Å². The van der Waals surface area contributed by atoms with Crippen molar-refractivity contribution < 1.29 is 17.7 Å². The Balaban J connectivity index is 1.57. The van der Waals surface area contributed by atoms with Gasteiger partial charge in [-0.25, -0.2) is 8.42 Å². The molecule has 1 N–H and O–H groups in total. The first-order valence-corrected chi connectivity index (χ1v) is 11.2. The number of piperazine rings is 1. The van der Waals surface area contributed by atoms with Gasteiger partial charge < -0.3 is 9.84 Å². The Hall–Kier alpha value is -1.45. The van der Waals surface area contributed by atoms with Crippen molar-refractivity contribution in [2.24, 2.45) is 0 Å². The second-order valence-electron chi connectivity index (χ2n) is 7.61. The summed E-state index contributed by atoms with van der Waals surface area (Å²) in [6, 6.07) is 0.0331. The molecular weight excluding hydrogens is 368 g/mol. The van der Waals surface area contributed by atoms with Gasteiger partial charge in [0.1, 0.15) is 10.6 Å². The smallest absolute Gasteiger partial charge is 0.248 e. The number of sulfonamides is 1. The molecule has 0 bridgehead atoms. The van der Waals surface area contributed by atoms with Gasteiger partial charge in [0.15, 0.2) is 5.76 Å². The van der Waals surface area contributed by atoms with Crippen LogP contribution in [0.2, 0.25) is 0 Å². The second-order valence-corrected chi connectivity index (χ2v) is 9.49. The summed E-state index contributed by atoms with van der Waals surface area (Å²) in [5, 5.41) is 6.92. The van der Waals surface area contributed by atoms with E-state index in [0.717, 1.165) is 12.8 Å². The molecule has 1 saturated carbocycles. The summed E-state index contributed by atoms with van der Waals surface area (Å²) in [7, 11) is -3.62. The van der Waals surface area contributed by atoms with Crippen LogP contribution >= 0.6 is 0 Å². The largest absolute Gasteiger partial charge is 0.360 e. The summed E-state index contributed by atoms with van der Waals surface area (Å²) in [6.07, 6.45) is 5.72. The quantitative estimate of drug-likeness (QED) is 0.806. The summed E-state index contributed by atoms with van der Waals surface area (Å²) in [5.74, 6) is 0.360. The van der Waals surface area contributed by atoms with Crippen LogP contribution in [0, 0.1) is 13.8 Å². The molecule has 0 aromatic carbocycles. The lowest BCUT2D eigenvalue weighted by molar-refractivity contribution is -0.127. The summed E-state index contributed by atoms with van der Waals surface area (Å²) in [6.45, 7) is 6.92. The molecule has 1 aliphatic carbocycles. The first-order valence-electron chi connectivity index (χ1n) is 9.78. The van der Waals surface area contributed by atoms with E-state index in [-0.39, 0.29) is 22.9 Å². The lowest BCUT2D eigenvalue weighted by Crippen LogP contribution is -2.56. The molecule has 8 nitrogen and oxygen atoms in total. The van der Waals surface area contributed by atoms with E-state index >= 15 is 0 Å². The Bertz CT molecular complexity index is 743. The fraction of sp³-hybridized carbons (Fsp3) is 0.778. The maximum atomic E-state index is 12.9. The molecule has 0 spiro atoms. The van der Waals surface area contributed by atoms with Crippen LogP contribution in [0.5, 0.6) is 0 Å². The van der Waals surface area contributed by atoms with Crippen LogP contribution in [-0.2, 0) is 14.8 Å². The molecule has 27 heavy (non-hydrogen) atoms. The Morgan fingerprint density at radius 2 is 1.78 bits per heavy atom. The first-order chi connectivity index (χ1) is 12.8. The fourth-order valence-electron chi connectivity index (χ4n) is 4.04. The highest BCUT2D eigenvalue weighted by atomic mass is 32.2. The number of hydrogen-bond acceptors (Lipinski definition) is 6. The fourth-order valence-corrected chi connectivity index (χ4v) is 5.75. The standard InChI is InChI=1S/C18H30N4O4S/c1-13-17(15(3)26-20-13)27(24,25)22-11-9-21(10-12-22)14(2)18(23)19-16-7-5-4-6-8-16/h14,16H,4-12H2,1-3H3,(H,19,23)/t14-/m1/s1. The predicted molar refractivity (Wildman–Crippen MR) is 101 cm³/mol. The second kappa shape index (κ2) is 8.28. The number of carbonyl (C=O) groups is 1. The number of hydrogen-bond donors (Lipinski definition) is 1. The van der Waals surface area contributed by atoms with Crippen LogP contribution in [0.3, 0.4) is 0 Å². The van der Waals surface area contributed by atoms with Gasteiger partial charge in [0.2, 0.25) is 15.9 Å². The molecule has 3 rings (SSSR count). The Morgan fingerprint density at radius 3 is 2.33 bits per heavy atom. The molecule has 9 heteroatoms. The molecule has 1 saturated heterocycles. The number of aryl methyl sites for hydroxylation is 2. The van der Waals surface area contributed by atoms with Crippen LogP contribution in [0.25, 0.3) is 0 Å². The van der Waals surface area contributed by atoms with Crippen molar-refractivity contribution in [2.75, 3.05) is 26.2 Å². The molecule has 1 aromatic rings. The summed E-state index contributed by atoms with van der Waals surface area (Å²) < 4.78 is 32.3. The van der Waals surface area contributed by atoms with Crippen molar-refractivity contribution >= 4 is 15.9 Å². The van der Waals surface area contributed by atoms with E-state index in [2.05, 4.69) is 15.4 Å². The molecule has 0 unspecified atom stereocenters. The Morgan fingerprint density at radius 1 is 1.15 bits per heavy atom. The van der Waals surface area contributed by atoms with Crippen molar-refractivity contribution in [3.63, 3.8) is 0 Å². The predicted octanol–water partition coefficient (Wildman–Crippen LogP) is 1.44. The van der Waals surface area contributed by atoms with E-state index in [0.29, 0.717) is 37.6 Å². The lowest BCUT2D eigenvalue weighted by Gasteiger charge is -2.37. The molecule has 1 amide bonds. The zero-order chi connectivity index (χ0) is 19.6. The Labute approximate surface area is 161 Å². The number of rotatable bonds is 5. The van der Waals surface area contributed by atoms with Crippen LogP contribution in [-0.4, -0.2) is 66.9 Å². The van der Waals surface area contributed by atoms with Crippen molar-refractivity contribution in [1.29, 1.82) is 0 Å². The summed E-state index contributed by atoms with van der Waals surface area (Å²) in [4.78, 5) is 14.8. The Kier molecular flexibility index (Phi) is 6.22. The normalized spacial score (nSPS) is 21.9. The van der Waals surface area contributed by atoms with E-state index in [1.165, 1.54) is 23.6 Å². The summed E-state index contributed by atoms with van der Waals surface area (Å²) >= 11 is 0. The number of carbonyl (C=O) groups excluding carboxylic acids is 1. The molecule has 1 aliphatic heterocycles. The zero-order valence-electron chi connectivity index (χ0n) is 16.4. The van der Waals surface area contributed by atoms with E-state index in [1.807, 2.05) is 6.92 Å². The number of nitrogens with zero attached hydrogens (tertiary/aromatic N) is 3. The van der Waals surface area contributed by atoms with E-state index < -0.39 is 10.0 Å². The molecule has 2 aliphatic rings. The number of aromatic nitrogens is 1. The third kappa shape index (κ3) is 4.35. The van der Waals surface area contributed by atoms with E-state index in [4.69, 9.17) is 4.52 Å². The minimum atomic E-state index is -3.62. The van der Waals surface area contributed by atoms with Gasteiger partial charge in [-0.1, -0.05) is 24.4 Å². The highest BCUT2D eigenvalue weighted by Crippen LogP contribution is 2.24. The maximum absolute atomic E-state index is 12.9. The molecule has 152 valence electrons. The summed E-state index contributed by atoms with van der Waals surface area (Å²) in [5.41, 5.74) is 0.384. The maximum Gasteiger partial charge on any atom is 0.248 e. The number of amides is 1. The van der Waals surface area contributed by atoms with Crippen molar-refractivity contribution in [3.05, 3.63) is 11.5 Å². The van der Waals surface area contributed by atoms with Gasteiger partial charge in [0.25, 0.3) is 0 Å². The van der Waals surface area contributed by atoms with Gasteiger partial charge in [0, 0.05) is 32.2 Å². The van der Waals surface area contributed by atoms with Gasteiger partial charge in [-0.2, -0.15) is 4.31 Å². The average molecular weight is 399 g/mol. The van der Waals surface area contributed by atoms with Crippen molar-refractivity contribution in [2.45, 2.75) is 69.9 Å². The minimum absolute atomic E-state index is 0.0453. The molecule has 2 heterocycles. The van der Waals surface area contributed by atoms with Crippen LogP contribution in [0.15, 0.2) is 9.42 Å². The van der Waals surface area contributed by atoms with Crippen LogP contribution < -0.4 is 5.32 Å². The monoisotopic (exact) mass is 398 g/mol. The molecule has 1 atom stereocenters. The third-order valence-electron chi connectivity index (χ3n) is 5.72. The molecule has 1 aromatic heterocycles. The van der Waals surface area contributed by atoms with Gasteiger partial charge in [-0.3, -0.25) is 9.69 Å². The molecule has 2 fully saturated rings. The first kappa shape index (κ1) is 20.3. The molecular formula is C18H30N4O4S. The van der Waals surface area contributed by atoms with Crippen LogP contribution in [0.4, 0.5) is 0 Å². The SMILES string of the molecule is Cc1noc(C)c1S(=O)(=O)N1CCN([C@H](C)C(=O)NC2CCCCC2)CC1. The van der Waals surface area contributed by atoms with Crippen LogP contribution in [0.1, 0.15) is 50.5 Å². The third-order valence-corrected chi connectivity index (χ3v) is 7.86. The van der Waals surface area contributed by atoms with E-state index in [1.54, 1.807) is 13.8 Å². The lowest BCUT2D eigenvalue weighted by atomic mass is 9.95.